The quantitative estimate of drug-likeness (QED) is 0.497. The van der Waals surface area contributed by atoms with Crippen LogP contribution in [0, 0.1) is 0 Å². The second-order valence-corrected chi connectivity index (χ2v) is 7.81. The zero-order valence-corrected chi connectivity index (χ0v) is 17.7. The number of aromatic nitrogens is 1. The lowest BCUT2D eigenvalue weighted by Crippen LogP contribution is -2.24. The van der Waals surface area contributed by atoms with E-state index in [1.165, 1.54) is 11.9 Å². The number of fused-ring (bicyclic) bond motifs is 1. The third-order valence-electron chi connectivity index (χ3n) is 4.78. The zero-order valence-electron chi connectivity index (χ0n) is 15.3. The molecule has 4 rings (SSSR count). The molecule has 0 bridgehead atoms. The maximum Gasteiger partial charge on any atom is 0.240 e. The number of benzene rings is 2. The number of hydrogen-bond donors (Lipinski definition) is 0. The van der Waals surface area contributed by atoms with Gasteiger partial charge < -0.3 is 4.74 Å². The van der Waals surface area contributed by atoms with E-state index in [-0.39, 0.29) is 11.9 Å². The van der Waals surface area contributed by atoms with Crippen LogP contribution in [0.5, 0.6) is 5.75 Å². The molecule has 2 aromatic carbocycles. The average molecular weight is 459 g/mol. The third kappa shape index (κ3) is 3.38. The number of nitrogens with zero attached hydrogens (tertiary/aromatic N) is 3. The van der Waals surface area contributed by atoms with Gasteiger partial charge in [0.25, 0.3) is 0 Å². The van der Waals surface area contributed by atoms with Crippen LogP contribution >= 0.6 is 27.5 Å². The molecule has 7 heteroatoms. The van der Waals surface area contributed by atoms with Crippen LogP contribution in [0.3, 0.4) is 0 Å². The number of hydrogen-bond acceptors (Lipinski definition) is 4. The van der Waals surface area contributed by atoms with Gasteiger partial charge in [-0.1, -0.05) is 51.8 Å². The van der Waals surface area contributed by atoms with Gasteiger partial charge in [-0.15, -0.1) is 0 Å². The Hall–Kier alpha value is -2.44. The van der Waals surface area contributed by atoms with E-state index in [1.807, 2.05) is 48.5 Å². The molecule has 1 aliphatic heterocycles. The minimum absolute atomic E-state index is 0.140. The van der Waals surface area contributed by atoms with Gasteiger partial charge in [-0.05, 0) is 29.8 Å². The van der Waals surface area contributed by atoms with Crippen LogP contribution in [0.2, 0.25) is 5.15 Å². The van der Waals surface area contributed by atoms with Crippen molar-refractivity contribution in [3.8, 4) is 5.75 Å². The highest BCUT2D eigenvalue weighted by molar-refractivity contribution is 9.10. The molecule has 1 aliphatic rings. The highest BCUT2D eigenvalue weighted by Gasteiger charge is 2.33. The second kappa shape index (κ2) is 7.53. The number of amides is 1. The number of para-hydroxylation sites is 1. The van der Waals surface area contributed by atoms with Gasteiger partial charge in [-0.25, -0.2) is 9.99 Å². The Morgan fingerprint density at radius 3 is 2.68 bits per heavy atom. The fraction of sp³-hybridized carbons (Fsp3) is 0.190. The van der Waals surface area contributed by atoms with Gasteiger partial charge in [0, 0.05) is 28.8 Å². The second-order valence-electron chi connectivity index (χ2n) is 6.54. The Bertz CT molecular complexity index is 1100. The van der Waals surface area contributed by atoms with Gasteiger partial charge in [0.05, 0.1) is 18.9 Å². The molecule has 1 amide bonds. The lowest BCUT2D eigenvalue weighted by atomic mass is 9.98. The zero-order chi connectivity index (χ0) is 19.8. The molecule has 2 heterocycles. The Morgan fingerprint density at radius 2 is 2.00 bits per heavy atom. The van der Waals surface area contributed by atoms with E-state index in [0.717, 1.165) is 26.7 Å². The van der Waals surface area contributed by atoms with Crippen molar-refractivity contribution in [2.45, 2.75) is 19.4 Å². The van der Waals surface area contributed by atoms with Crippen molar-refractivity contribution in [1.82, 2.24) is 9.99 Å². The highest BCUT2D eigenvalue weighted by Crippen LogP contribution is 2.38. The van der Waals surface area contributed by atoms with E-state index in [9.17, 15) is 4.79 Å². The highest BCUT2D eigenvalue weighted by atomic mass is 79.9. The smallest absolute Gasteiger partial charge is 0.240 e. The third-order valence-corrected chi connectivity index (χ3v) is 5.61. The molecule has 5 nitrogen and oxygen atoms in total. The van der Waals surface area contributed by atoms with Crippen LogP contribution in [-0.2, 0) is 4.79 Å². The van der Waals surface area contributed by atoms with E-state index >= 15 is 0 Å². The molecule has 0 saturated heterocycles. The van der Waals surface area contributed by atoms with Crippen LogP contribution in [0.25, 0.3) is 10.9 Å². The van der Waals surface area contributed by atoms with Crippen molar-refractivity contribution < 1.29 is 9.53 Å². The molecule has 0 spiro atoms. The molecule has 3 aromatic rings. The lowest BCUT2D eigenvalue weighted by molar-refractivity contribution is -0.130. The van der Waals surface area contributed by atoms with Crippen molar-refractivity contribution >= 4 is 50.1 Å². The Balaban J connectivity index is 1.77. The summed E-state index contributed by atoms with van der Waals surface area (Å²) in [6.45, 7) is 1.51. The maximum absolute atomic E-state index is 12.3. The minimum Gasteiger partial charge on any atom is -0.494 e. The monoisotopic (exact) mass is 457 g/mol. The van der Waals surface area contributed by atoms with E-state index in [4.69, 9.17) is 16.3 Å². The van der Waals surface area contributed by atoms with E-state index < -0.39 is 0 Å². The van der Waals surface area contributed by atoms with Crippen molar-refractivity contribution in [3.63, 3.8) is 0 Å². The fourth-order valence-corrected chi connectivity index (χ4v) is 3.95. The minimum atomic E-state index is -0.299. The van der Waals surface area contributed by atoms with Crippen molar-refractivity contribution in [2.75, 3.05) is 7.11 Å². The molecule has 28 heavy (non-hydrogen) atoms. The summed E-state index contributed by atoms with van der Waals surface area (Å²) in [7, 11) is 1.60. The Labute approximate surface area is 176 Å². The lowest BCUT2D eigenvalue weighted by Gasteiger charge is -2.21. The van der Waals surface area contributed by atoms with Gasteiger partial charge in [-0.3, -0.25) is 4.79 Å². The van der Waals surface area contributed by atoms with Crippen molar-refractivity contribution in [1.29, 1.82) is 0 Å². The molecule has 0 aliphatic carbocycles. The van der Waals surface area contributed by atoms with Gasteiger partial charge in [0.1, 0.15) is 16.4 Å². The largest absolute Gasteiger partial charge is 0.494 e. The number of methoxy groups -OCH3 is 1. The van der Waals surface area contributed by atoms with Crippen LogP contribution in [-0.4, -0.2) is 28.7 Å². The topological polar surface area (TPSA) is 54.8 Å². The Morgan fingerprint density at radius 1 is 1.25 bits per heavy atom. The molecule has 0 radical (unpaired) electrons. The first-order chi connectivity index (χ1) is 13.5. The first-order valence-electron chi connectivity index (χ1n) is 8.74. The van der Waals surface area contributed by atoms with Gasteiger partial charge in [0.15, 0.2) is 0 Å². The number of carbonyl (C=O) groups excluding carboxylic acids is 1. The normalized spacial score (nSPS) is 16.4. The SMILES string of the molecule is COc1cccc2cc(C3CC(c4ccc(Br)cc4)=NN3C(C)=O)c(Cl)nc12. The van der Waals surface area contributed by atoms with Crippen molar-refractivity contribution in [3.05, 3.63) is 69.3 Å². The predicted molar refractivity (Wildman–Crippen MR) is 114 cm³/mol. The van der Waals surface area contributed by atoms with Gasteiger partial charge in [-0.2, -0.15) is 5.10 Å². The standard InChI is InChI=1S/C21H17BrClN3O2/c1-12(27)26-18(11-17(25-26)13-6-8-15(22)9-7-13)16-10-14-4-3-5-19(28-2)20(14)24-21(16)23/h3-10,18H,11H2,1-2H3. The number of hydrazone groups is 1. The summed E-state index contributed by atoms with van der Waals surface area (Å²) in [5.41, 5.74) is 3.28. The molecule has 0 fully saturated rings. The van der Waals surface area contributed by atoms with Gasteiger partial charge in [0.2, 0.25) is 5.91 Å². The van der Waals surface area contributed by atoms with E-state index in [0.29, 0.717) is 22.8 Å². The molecule has 1 unspecified atom stereocenters. The summed E-state index contributed by atoms with van der Waals surface area (Å²) in [5.74, 6) is 0.520. The van der Waals surface area contributed by atoms with Crippen LogP contribution in [0.1, 0.15) is 30.5 Å². The molecule has 0 saturated carbocycles. The Kier molecular flexibility index (Phi) is 5.08. The van der Waals surface area contributed by atoms with E-state index in [2.05, 4.69) is 26.0 Å². The van der Waals surface area contributed by atoms with Crippen molar-refractivity contribution in [2.24, 2.45) is 5.10 Å². The van der Waals surface area contributed by atoms with E-state index in [1.54, 1.807) is 7.11 Å². The molecule has 142 valence electrons. The summed E-state index contributed by atoms with van der Waals surface area (Å²) in [6, 6.07) is 15.2. The summed E-state index contributed by atoms with van der Waals surface area (Å²) >= 11 is 9.98. The summed E-state index contributed by atoms with van der Waals surface area (Å²) in [4.78, 5) is 16.8. The average Bonchev–Trinajstić information content (AvgIpc) is 3.13. The van der Waals surface area contributed by atoms with Crippen LogP contribution < -0.4 is 4.74 Å². The summed E-state index contributed by atoms with van der Waals surface area (Å²) < 4.78 is 6.37. The summed E-state index contributed by atoms with van der Waals surface area (Å²) in [6.07, 6.45) is 0.568. The van der Waals surface area contributed by atoms with Crippen LogP contribution in [0.15, 0.2) is 58.1 Å². The number of rotatable bonds is 3. The predicted octanol–water partition coefficient (Wildman–Crippen LogP) is 5.36. The molecule has 1 aromatic heterocycles. The van der Waals surface area contributed by atoms with Gasteiger partial charge >= 0.3 is 0 Å². The molecule has 1 atom stereocenters. The fourth-order valence-electron chi connectivity index (χ4n) is 3.42. The molecular formula is C21H17BrClN3O2. The number of halogens is 2. The maximum atomic E-state index is 12.3. The number of carbonyl (C=O) groups is 1. The molecule has 0 N–H and O–H groups in total. The van der Waals surface area contributed by atoms with Crippen LogP contribution in [0.4, 0.5) is 0 Å². The summed E-state index contributed by atoms with van der Waals surface area (Å²) in [5, 5.41) is 7.32. The molecular weight excluding hydrogens is 442 g/mol. The number of pyridine rings is 1. The first-order valence-corrected chi connectivity index (χ1v) is 9.91. The first kappa shape index (κ1) is 18.9. The number of ether oxygens (including phenoxy) is 1.